The molecule has 5 aromatic rings. The van der Waals surface area contributed by atoms with Crippen LogP contribution in [-0.4, -0.2) is 117 Å². The molecule has 0 aliphatic carbocycles. The molecule has 1 aliphatic rings. The van der Waals surface area contributed by atoms with Crippen molar-refractivity contribution < 1.29 is 28.3 Å². The number of nitrogens with one attached hydrogen (secondary N) is 2. The van der Waals surface area contributed by atoms with Crippen LogP contribution in [0.2, 0.25) is 0 Å². The highest BCUT2D eigenvalue weighted by molar-refractivity contribution is 7.14. The molecule has 312 valence electrons. The van der Waals surface area contributed by atoms with Crippen LogP contribution in [0.1, 0.15) is 73.0 Å². The maximum absolute atomic E-state index is 14.3. The van der Waals surface area contributed by atoms with Gasteiger partial charge < -0.3 is 29.9 Å². The first-order valence-corrected chi connectivity index (χ1v) is 20.2. The summed E-state index contributed by atoms with van der Waals surface area (Å²) in [6, 6.07) is 10.7. The number of nitrogens with zero attached hydrogens (tertiary/aromatic N) is 9. The number of aromatic nitrogens is 7. The number of tetrazole rings is 1. The van der Waals surface area contributed by atoms with Crippen molar-refractivity contribution in [2.75, 3.05) is 64.1 Å². The average Bonchev–Trinajstić information content (AvgIpc) is 3.85. The van der Waals surface area contributed by atoms with Crippen LogP contribution in [0.5, 0.6) is 5.75 Å². The summed E-state index contributed by atoms with van der Waals surface area (Å²) in [5.74, 6) is 0.602. The Morgan fingerprint density at radius 2 is 1.88 bits per heavy atom. The average molecular weight is 828 g/mol. The van der Waals surface area contributed by atoms with Crippen molar-refractivity contribution in [1.82, 2.24) is 39.9 Å². The van der Waals surface area contributed by atoms with E-state index in [0.29, 0.717) is 66.4 Å². The summed E-state index contributed by atoms with van der Waals surface area (Å²) in [6.45, 7) is 8.55. The van der Waals surface area contributed by atoms with E-state index in [-0.39, 0.29) is 47.0 Å². The predicted molar refractivity (Wildman–Crippen MR) is 224 cm³/mol. The number of amides is 3. The number of carbonyl (C=O) groups is 3. The predicted octanol–water partition coefficient (Wildman–Crippen LogP) is 3.56. The van der Waals surface area contributed by atoms with Crippen molar-refractivity contribution >= 4 is 58.0 Å². The van der Waals surface area contributed by atoms with E-state index in [1.807, 2.05) is 48.6 Å². The van der Waals surface area contributed by atoms with Crippen molar-refractivity contribution in [3.05, 3.63) is 86.5 Å². The number of primary amides is 1. The van der Waals surface area contributed by atoms with Crippen LogP contribution < -0.4 is 31.6 Å². The molecule has 5 heterocycles. The van der Waals surface area contributed by atoms with Gasteiger partial charge in [-0.1, -0.05) is 32.9 Å². The number of pyridine rings is 1. The summed E-state index contributed by atoms with van der Waals surface area (Å²) in [5, 5.41) is 20.9. The Morgan fingerprint density at radius 3 is 2.59 bits per heavy atom. The number of piperidine rings is 1. The van der Waals surface area contributed by atoms with Gasteiger partial charge in [0.15, 0.2) is 17.5 Å². The van der Waals surface area contributed by atoms with Gasteiger partial charge in [-0.25, -0.2) is 14.8 Å². The fourth-order valence-corrected chi connectivity index (χ4v) is 7.50. The molecule has 3 amide bonds. The number of anilines is 2. The first kappa shape index (κ1) is 42.4. The number of benzene rings is 1. The highest BCUT2D eigenvalue weighted by atomic mass is 32.1. The maximum Gasteiger partial charge on any atom is 0.407 e. The molecule has 4 N–H and O–H groups in total. The molecule has 59 heavy (non-hydrogen) atoms. The van der Waals surface area contributed by atoms with Crippen LogP contribution in [0.3, 0.4) is 0 Å². The second-order valence-corrected chi connectivity index (χ2v) is 16.9. The van der Waals surface area contributed by atoms with Gasteiger partial charge in [0, 0.05) is 42.1 Å². The maximum atomic E-state index is 14.3. The highest BCUT2D eigenvalue weighted by Crippen LogP contribution is 2.27. The Balaban J connectivity index is 1.23. The normalized spacial score (nSPS) is 14.7. The quantitative estimate of drug-likeness (QED) is 0.102. The molecule has 0 saturated carbocycles. The number of ether oxygens (including phenoxy) is 2. The minimum atomic E-state index is -0.557. The molecule has 0 unspecified atom stereocenters. The Morgan fingerprint density at radius 1 is 1.10 bits per heavy atom. The van der Waals surface area contributed by atoms with Crippen molar-refractivity contribution in [3.8, 4) is 5.75 Å². The van der Waals surface area contributed by atoms with Crippen molar-refractivity contribution in [2.45, 2.75) is 58.1 Å². The van der Waals surface area contributed by atoms with E-state index >= 15 is 0 Å². The molecule has 0 spiro atoms. The third-order valence-electron chi connectivity index (χ3n) is 9.70. The third-order valence-corrected chi connectivity index (χ3v) is 10.5. The molecule has 1 saturated heterocycles. The number of nitrogens with two attached hydrogens (primary N) is 1. The van der Waals surface area contributed by atoms with E-state index in [2.05, 4.69) is 51.8 Å². The third kappa shape index (κ3) is 11.3. The lowest BCUT2D eigenvalue weighted by Crippen LogP contribution is -2.47. The molecule has 1 atom stereocenters. The van der Waals surface area contributed by atoms with Crippen LogP contribution in [0.15, 0.2) is 52.8 Å². The standard InChI is InChI=1S/C40H50N12O6S/c1-40(2,3)31-25-59-38(43-31)45-36(54)27-16-19-50-34(21-27)44-35(49-18-7-9-29(23-49)58-39(56)42-17-8-20-52(4,5)24-32(41)53)30(37(50)55)14-15-33-46-48-51(47-33)22-26-10-12-28(57-6)13-11-26/h10-16,19,21,25,29H,7-9,17-18,20,22-24H2,1-6H3,(H3-,41,42,43,45,53,54,56)/p+1/t29-/m1/s1. The second-order valence-electron chi connectivity index (χ2n) is 16.1. The molecular weight excluding hydrogens is 777 g/mol. The lowest BCUT2D eigenvalue weighted by atomic mass is 9.93. The van der Waals surface area contributed by atoms with E-state index < -0.39 is 18.1 Å². The van der Waals surface area contributed by atoms with Gasteiger partial charge in [0.2, 0.25) is 0 Å². The zero-order valence-electron chi connectivity index (χ0n) is 34.2. The van der Waals surface area contributed by atoms with Gasteiger partial charge in [-0.05, 0) is 60.0 Å². The van der Waals surface area contributed by atoms with Crippen LogP contribution in [0, 0.1) is 0 Å². The van der Waals surface area contributed by atoms with Gasteiger partial charge in [-0.15, -0.1) is 21.5 Å². The number of likely N-dealkylation sites (N-methyl/N-ethyl adjacent to an activating group) is 1. The van der Waals surface area contributed by atoms with Crippen molar-refractivity contribution in [3.63, 3.8) is 0 Å². The van der Waals surface area contributed by atoms with Crippen LogP contribution >= 0.6 is 11.3 Å². The SMILES string of the molecule is COc1ccc(Cn2nnc(C=Cc3c(N4CCC[C@@H](OC(=O)NCCC[N+](C)(C)CC(N)=O)C4)nc4cc(C(=O)Nc5nc(C(C)(C)C)cs5)ccn4c3=O)n2)cc1. The number of hydrogen-bond donors (Lipinski definition) is 3. The lowest BCUT2D eigenvalue weighted by molar-refractivity contribution is -0.882. The minimum absolute atomic E-state index is 0.173. The monoisotopic (exact) mass is 827 g/mol. The van der Waals surface area contributed by atoms with Gasteiger partial charge in [-0.3, -0.25) is 24.1 Å². The molecule has 0 radical (unpaired) electrons. The lowest BCUT2D eigenvalue weighted by Gasteiger charge is -2.34. The number of methoxy groups -OCH3 is 1. The Hall–Kier alpha value is -6.21. The first-order chi connectivity index (χ1) is 28.1. The van der Waals surface area contributed by atoms with Crippen LogP contribution in [0.25, 0.3) is 17.8 Å². The van der Waals surface area contributed by atoms with Gasteiger partial charge in [0.1, 0.15) is 23.3 Å². The molecule has 1 aliphatic heterocycles. The highest BCUT2D eigenvalue weighted by Gasteiger charge is 2.28. The molecule has 1 fully saturated rings. The zero-order valence-corrected chi connectivity index (χ0v) is 35.0. The fraction of sp³-hybridized carbons (Fsp3) is 0.425. The largest absolute Gasteiger partial charge is 0.497 e. The van der Waals surface area contributed by atoms with Gasteiger partial charge in [-0.2, -0.15) is 4.80 Å². The van der Waals surface area contributed by atoms with E-state index in [1.165, 1.54) is 26.7 Å². The Bertz CT molecular complexity index is 2380. The number of thiazole rings is 1. The summed E-state index contributed by atoms with van der Waals surface area (Å²) in [7, 11) is 5.41. The number of fused-ring (bicyclic) bond motifs is 1. The summed E-state index contributed by atoms with van der Waals surface area (Å²) in [5.41, 5.74) is 7.43. The molecule has 0 bridgehead atoms. The van der Waals surface area contributed by atoms with Gasteiger partial charge in [0.05, 0.1) is 52.1 Å². The van der Waals surface area contributed by atoms with Crippen molar-refractivity contribution in [1.29, 1.82) is 0 Å². The number of carbonyl (C=O) groups excluding carboxylic acids is 3. The molecule has 18 nitrogen and oxygen atoms in total. The molecule has 6 rings (SSSR count). The van der Waals surface area contributed by atoms with Gasteiger partial charge in [0.25, 0.3) is 17.4 Å². The minimum Gasteiger partial charge on any atom is -0.497 e. The van der Waals surface area contributed by atoms with Crippen molar-refractivity contribution in [2.24, 2.45) is 5.73 Å². The summed E-state index contributed by atoms with van der Waals surface area (Å²) < 4.78 is 12.9. The van der Waals surface area contributed by atoms with E-state index in [0.717, 1.165) is 17.0 Å². The van der Waals surface area contributed by atoms with E-state index in [1.54, 1.807) is 31.4 Å². The van der Waals surface area contributed by atoms with Gasteiger partial charge >= 0.3 is 6.09 Å². The first-order valence-electron chi connectivity index (χ1n) is 19.3. The summed E-state index contributed by atoms with van der Waals surface area (Å²) in [4.78, 5) is 64.8. The number of alkyl carbamates (subject to hydrolysis) is 1. The molecule has 4 aromatic heterocycles. The van der Waals surface area contributed by atoms with E-state index in [4.69, 9.17) is 20.2 Å². The topological polar surface area (TPSA) is 214 Å². The number of hydrogen-bond acceptors (Lipinski definition) is 13. The molecular formula is C40H51N12O6S+. The number of quaternary nitrogens is 1. The Kier molecular flexibility index (Phi) is 13.0. The molecule has 1 aromatic carbocycles. The zero-order chi connectivity index (χ0) is 42.3. The van der Waals surface area contributed by atoms with E-state index in [9.17, 15) is 19.2 Å². The van der Waals surface area contributed by atoms with Crippen LogP contribution in [0.4, 0.5) is 15.7 Å². The number of rotatable bonds is 15. The Labute approximate surface area is 345 Å². The second kappa shape index (κ2) is 18.2. The molecule has 19 heteroatoms. The smallest absolute Gasteiger partial charge is 0.407 e. The fourth-order valence-electron chi connectivity index (χ4n) is 6.57. The summed E-state index contributed by atoms with van der Waals surface area (Å²) >= 11 is 1.34. The van der Waals surface area contributed by atoms with Crippen LogP contribution in [-0.2, 0) is 21.5 Å². The summed E-state index contributed by atoms with van der Waals surface area (Å²) in [6.07, 6.45) is 5.58.